The van der Waals surface area contributed by atoms with Crippen molar-refractivity contribution in [2.45, 2.75) is 6.54 Å². The van der Waals surface area contributed by atoms with Crippen molar-refractivity contribution in [1.29, 1.82) is 0 Å². The highest BCUT2D eigenvalue weighted by Crippen LogP contribution is 2.24. The van der Waals surface area contributed by atoms with Crippen molar-refractivity contribution in [3.63, 3.8) is 0 Å². The Morgan fingerprint density at radius 1 is 1.00 bits per heavy atom. The molecule has 0 aliphatic rings. The fourth-order valence-corrected chi connectivity index (χ4v) is 4.08. The lowest BCUT2D eigenvalue weighted by molar-refractivity contribution is 0.0960. The third-order valence-corrected chi connectivity index (χ3v) is 6.12. The van der Waals surface area contributed by atoms with Crippen LogP contribution < -0.4 is 10.0 Å². The summed E-state index contributed by atoms with van der Waals surface area (Å²) in [5, 5.41) is 3.38. The smallest absolute Gasteiger partial charge is 0.263 e. The topological polar surface area (TPSA) is 88.2 Å². The van der Waals surface area contributed by atoms with Crippen LogP contribution in [0.15, 0.2) is 66.9 Å². The van der Waals surface area contributed by atoms with Gasteiger partial charge in [0.1, 0.15) is 9.88 Å². The molecule has 8 heteroatoms. The number of benzene rings is 2. The Balaban J connectivity index is 1.48. The van der Waals surface area contributed by atoms with Crippen LogP contribution in [-0.4, -0.2) is 31.6 Å². The predicted octanol–water partition coefficient (Wildman–Crippen LogP) is 2.66. The highest BCUT2D eigenvalue weighted by molar-refractivity contribution is 7.89. The Bertz CT molecular complexity index is 987. The van der Waals surface area contributed by atoms with E-state index in [1.807, 2.05) is 60.7 Å². The van der Waals surface area contributed by atoms with Crippen LogP contribution in [0, 0.1) is 0 Å². The molecule has 0 saturated heterocycles. The summed E-state index contributed by atoms with van der Waals surface area (Å²) in [7, 11) is -3.47. The lowest BCUT2D eigenvalue weighted by atomic mass is 10.2. The molecule has 2 aromatic carbocycles. The number of hydrogen-bond donors (Lipinski definition) is 2. The van der Waals surface area contributed by atoms with Gasteiger partial charge < -0.3 is 5.32 Å². The molecular weight excluding hydrogens is 382 g/mol. The molecule has 1 aromatic heterocycles. The molecule has 0 unspecified atom stereocenters. The maximum Gasteiger partial charge on any atom is 0.263 e. The van der Waals surface area contributed by atoms with Crippen molar-refractivity contribution >= 4 is 27.3 Å². The minimum Gasteiger partial charge on any atom is -0.350 e. The molecule has 0 saturated carbocycles. The van der Waals surface area contributed by atoms with Crippen LogP contribution in [0.5, 0.6) is 0 Å². The van der Waals surface area contributed by atoms with Crippen molar-refractivity contribution in [2.75, 3.05) is 12.3 Å². The maximum absolute atomic E-state index is 12.2. The molecule has 0 radical (unpaired) electrons. The van der Waals surface area contributed by atoms with Gasteiger partial charge in [-0.3, -0.25) is 4.79 Å². The van der Waals surface area contributed by atoms with Crippen molar-refractivity contribution in [1.82, 2.24) is 15.0 Å². The van der Waals surface area contributed by atoms with Crippen LogP contribution in [0.3, 0.4) is 0 Å². The van der Waals surface area contributed by atoms with Crippen molar-refractivity contribution in [3.8, 4) is 10.6 Å². The molecule has 2 N–H and O–H groups in total. The summed E-state index contributed by atoms with van der Waals surface area (Å²) < 4.78 is 26.6. The average Bonchev–Trinajstić information content (AvgIpc) is 3.18. The van der Waals surface area contributed by atoms with Gasteiger partial charge in [0, 0.05) is 18.7 Å². The largest absolute Gasteiger partial charge is 0.350 e. The number of nitrogens with zero attached hydrogens (tertiary/aromatic N) is 1. The number of sulfonamides is 1. The Morgan fingerprint density at radius 3 is 2.37 bits per heavy atom. The fourth-order valence-electron chi connectivity index (χ4n) is 2.34. The molecular formula is C19H19N3O3S2. The number of thiazole rings is 1. The van der Waals surface area contributed by atoms with E-state index in [-0.39, 0.29) is 24.7 Å². The zero-order valence-corrected chi connectivity index (χ0v) is 16.1. The second-order valence-electron chi connectivity index (χ2n) is 5.78. The summed E-state index contributed by atoms with van der Waals surface area (Å²) >= 11 is 1.27. The third kappa shape index (κ3) is 5.72. The molecule has 1 heterocycles. The number of nitrogens with one attached hydrogen (secondary N) is 2. The van der Waals surface area contributed by atoms with Crippen molar-refractivity contribution < 1.29 is 13.2 Å². The van der Waals surface area contributed by atoms with E-state index in [1.54, 1.807) is 0 Å². The van der Waals surface area contributed by atoms with Crippen LogP contribution in [0.4, 0.5) is 0 Å². The molecule has 1 amide bonds. The lowest BCUT2D eigenvalue weighted by Crippen LogP contribution is -2.34. The number of carbonyl (C=O) groups is 1. The fraction of sp³-hybridized carbons (Fsp3) is 0.158. The molecule has 0 atom stereocenters. The summed E-state index contributed by atoms with van der Waals surface area (Å²) in [5.74, 6) is -0.511. The minimum atomic E-state index is -3.47. The van der Waals surface area contributed by atoms with E-state index in [0.29, 0.717) is 4.88 Å². The number of carbonyl (C=O) groups excluding carboxylic acids is 1. The van der Waals surface area contributed by atoms with Gasteiger partial charge in [0.15, 0.2) is 0 Å². The first-order valence-corrected chi connectivity index (χ1v) is 10.8. The zero-order chi connectivity index (χ0) is 19.1. The molecule has 3 rings (SSSR count). The molecule has 140 valence electrons. The molecule has 0 aliphatic carbocycles. The van der Waals surface area contributed by atoms with Crippen LogP contribution >= 0.6 is 11.3 Å². The highest BCUT2D eigenvalue weighted by Gasteiger charge is 2.14. The second-order valence-corrected chi connectivity index (χ2v) is 8.73. The van der Waals surface area contributed by atoms with Crippen LogP contribution in [0.25, 0.3) is 10.6 Å². The molecule has 0 spiro atoms. The monoisotopic (exact) mass is 401 g/mol. The summed E-state index contributed by atoms with van der Waals surface area (Å²) in [6.07, 6.45) is 1.50. The highest BCUT2D eigenvalue weighted by atomic mass is 32.2. The van der Waals surface area contributed by atoms with Gasteiger partial charge in [-0.05, 0) is 5.56 Å². The van der Waals surface area contributed by atoms with Crippen LogP contribution in [0.2, 0.25) is 0 Å². The predicted molar refractivity (Wildman–Crippen MR) is 107 cm³/mol. The Morgan fingerprint density at radius 2 is 1.67 bits per heavy atom. The first-order valence-electron chi connectivity index (χ1n) is 8.34. The van der Waals surface area contributed by atoms with E-state index >= 15 is 0 Å². The number of rotatable bonds is 8. The molecule has 6 nitrogen and oxygen atoms in total. The molecule has 27 heavy (non-hydrogen) atoms. The van der Waals surface area contributed by atoms with Gasteiger partial charge in [0.2, 0.25) is 10.0 Å². The molecule has 0 fully saturated rings. The molecule has 0 bridgehead atoms. The van der Waals surface area contributed by atoms with E-state index in [2.05, 4.69) is 15.0 Å². The van der Waals surface area contributed by atoms with Crippen LogP contribution in [-0.2, 0) is 16.6 Å². The average molecular weight is 402 g/mol. The molecule has 0 aliphatic heterocycles. The zero-order valence-electron chi connectivity index (χ0n) is 14.5. The number of hydrogen-bond acceptors (Lipinski definition) is 5. The van der Waals surface area contributed by atoms with E-state index in [0.717, 1.165) is 16.1 Å². The van der Waals surface area contributed by atoms with E-state index < -0.39 is 10.0 Å². The van der Waals surface area contributed by atoms with Crippen molar-refractivity contribution in [2.24, 2.45) is 0 Å². The third-order valence-electron chi connectivity index (χ3n) is 3.75. The number of amides is 1. The SMILES string of the molecule is O=C(NCCS(=O)(=O)NCc1ccccc1)c1cnc(-c2ccccc2)s1. The first kappa shape index (κ1) is 19.2. The number of aromatic nitrogens is 1. The van der Waals surface area contributed by atoms with Gasteiger partial charge in [0.05, 0.1) is 11.9 Å². The second kappa shape index (κ2) is 8.90. The van der Waals surface area contributed by atoms with Gasteiger partial charge in [-0.25, -0.2) is 18.1 Å². The Labute approximate surface area is 162 Å². The van der Waals surface area contributed by atoms with Gasteiger partial charge in [-0.1, -0.05) is 60.7 Å². The van der Waals surface area contributed by atoms with E-state index in [1.165, 1.54) is 17.5 Å². The van der Waals surface area contributed by atoms with E-state index in [4.69, 9.17) is 0 Å². The summed E-state index contributed by atoms with van der Waals surface area (Å²) in [5.41, 5.74) is 1.82. The Hall–Kier alpha value is -2.55. The summed E-state index contributed by atoms with van der Waals surface area (Å²) in [6.45, 7) is 0.258. The Kier molecular flexibility index (Phi) is 6.33. The lowest BCUT2D eigenvalue weighted by Gasteiger charge is -2.07. The molecule has 3 aromatic rings. The minimum absolute atomic E-state index is 0.0293. The quantitative estimate of drug-likeness (QED) is 0.607. The summed E-state index contributed by atoms with van der Waals surface area (Å²) in [4.78, 5) is 16.9. The van der Waals surface area contributed by atoms with Gasteiger partial charge in [0.25, 0.3) is 5.91 Å². The normalized spacial score (nSPS) is 11.3. The van der Waals surface area contributed by atoms with Crippen molar-refractivity contribution in [3.05, 3.63) is 77.3 Å². The first-order chi connectivity index (χ1) is 13.0. The van der Waals surface area contributed by atoms with Gasteiger partial charge >= 0.3 is 0 Å². The van der Waals surface area contributed by atoms with Gasteiger partial charge in [-0.15, -0.1) is 11.3 Å². The standard InChI is InChI=1S/C19H19N3O3S2/c23-18(17-14-21-19(26-17)16-9-5-2-6-10-16)20-11-12-27(24,25)22-13-15-7-3-1-4-8-15/h1-10,14,22H,11-13H2,(H,20,23). The summed E-state index contributed by atoms with van der Waals surface area (Å²) in [6, 6.07) is 18.8. The van der Waals surface area contributed by atoms with Gasteiger partial charge in [-0.2, -0.15) is 0 Å². The van der Waals surface area contributed by atoms with E-state index in [9.17, 15) is 13.2 Å². The maximum atomic E-state index is 12.2. The van der Waals surface area contributed by atoms with Crippen LogP contribution in [0.1, 0.15) is 15.2 Å².